The van der Waals surface area contributed by atoms with E-state index in [9.17, 15) is 4.79 Å². The van der Waals surface area contributed by atoms with Crippen molar-refractivity contribution in [2.75, 3.05) is 32.8 Å². The molecule has 2 fully saturated rings. The normalized spacial score (nSPS) is 24.0. The lowest BCUT2D eigenvalue weighted by molar-refractivity contribution is -0.130. The number of amides is 1. The van der Waals surface area contributed by atoms with Crippen molar-refractivity contribution in [1.29, 1.82) is 0 Å². The van der Waals surface area contributed by atoms with Crippen LogP contribution in [-0.4, -0.2) is 48.5 Å². The SMILES string of the molecule is CC(=O)N1C[C@H]2CN(CCOc3ccc(C)cc3C)C[C@H]2[C@H]1c1ccccc1C. The molecule has 0 N–H and O–H groups in total. The summed E-state index contributed by atoms with van der Waals surface area (Å²) in [4.78, 5) is 16.9. The lowest BCUT2D eigenvalue weighted by atomic mass is 9.87. The van der Waals surface area contributed by atoms with E-state index in [1.54, 1.807) is 6.92 Å². The average Bonchev–Trinajstić information content (AvgIpc) is 3.22. The Balaban J connectivity index is 1.41. The highest BCUT2D eigenvalue weighted by molar-refractivity contribution is 5.74. The Morgan fingerprint density at radius 1 is 1.03 bits per heavy atom. The van der Waals surface area contributed by atoms with Crippen LogP contribution in [0.15, 0.2) is 42.5 Å². The average molecular weight is 393 g/mol. The first kappa shape index (κ1) is 20.0. The highest BCUT2D eigenvalue weighted by Gasteiger charge is 2.48. The molecule has 154 valence electrons. The summed E-state index contributed by atoms with van der Waals surface area (Å²) in [5, 5.41) is 0. The van der Waals surface area contributed by atoms with E-state index in [4.69, 9.17) is 4.74 Å². The summed E-state index contributed by atoms with van der Waals surface area (Å²) in [7, 11) is 0. The van der Waals surface area contributed by atoms with Crippen LogP contribution in [-0.2, 0) is 4.79 Å². The minimum Gasteiger partial charge on any atom is -0.492 e. The van der Waals surface area contributed by atoms with Crippen molar-refractivity contribution in [3.8, 4) is 5.75 Å². The lowest BCUT2D eigenvalue weighted by Gasteiger charge is -2.30. The van der Waals surface area contributed by atoms with E-state index in [1.807, 2.05) is 0 Å². The second-order valence-corrected chi connectivity index (χ2v) is 8.77. The van der Waals surface area contributed by atoms with Crippen LogP contribution in [0.1, 0.15) is 35.2 Å². The van der Waals surface area contributed by atoms with Crippen molar-refractivity contribution in [3.63, 3.8) is 0 Å². The quantitative estimate of drug-likeness (QED) is 0.767. The van der Waals surface area contributed by atoms with Crippen LogP contribution in [0.25, 0.3) is 0 Å². The van der Waals surface area contributed by atoms with E-state index in [0.29, 0.717) is 18.4 Å². The molecule has 4 nitrogen and oxygen atoms in total. The van der Waals surface area contributed by atoms with E-state index in [0.717, 1.165) is 31.9 Å². The molecule has 2 aromatic carbocycles. The molecule has 4 rings (SSSR count). The predicted octanol–water partition coefficient (Wildman–Crippen LogP) is 4.14. The maximum absolute atomic E-state index is 12.3. The highest BCUT2D eigenvalue weighted by Crippen LogP contribution is 2.45. The van der Waals surface area contributed by atoms with E-state index >= 15 is 0 Å². The second-order valence-electron chi connectivity index (χ2n) is 8.77. The Kier molecular flexibility index (Phi) is 5.64. The maximum atomic E-state index is 12.3. The molecule has 0 unspecified atom stereocenters. The highest BCUT2D eigenvalue weighted by atomic mass is 16.5. The minimum atomic E-state index is 0.192. The van der Waals surface area contributed by atoms with Gasteiger partial charge in [0.05, 0.1) is 6.04 Å². The van der Waals surface area contributed by atoms with Crippen molar-refractivity contribution in [1.82, 2.24) is 9.80 Å². The van der Waals surface area contributed by atoms with Gasteiger partial charge < -0.3 is 9.64 Å². The van der Waals surface area contributed by atoms with Gasteiger partial charge >= 0.3 is 0 Å². The molecular formula is C25H32N2O2. The Hall–Kier alpha value is -2.33. The third-order valence-corrected chi connectivity index (χ3v) is 6.65. The first-order valence-corrected chi connectivity index (χ1v) is 10.7. The lowest BCUT2D eigenvalue weighted by Crippen LogP contribution is -2.35. The molecule has 2 aliphatic heterocycles. The summed E-state index contributed by atoms with van der Waals surface area (Å²) in [6.07, 6.45) is 0. The predicted molar refractivity (Wildman–Crippen MR) is 116 cm³/mol. The zero-order valence-corrected chi connectivity index (χ0v) is 18.0. The summed E-state index contributed by atoms with van der Waals surface area (Å²) >= 11 is 0. The van der Waals surface area contributed by atoms with Gasteiger partial charge in [0.15, 0.2) is 0 Å². The van der Waals surface area contributed by atoms with Gasteiger partial charge in [-0.1, -0.05) is 42.0 Å². The third kappa shape index (κ3) is 4.04. The number of carbonyl (C=O) groups is 1. The monoisotopic (exact) mass is 392 g/mol. The fraction of sp³-hybridized carbons (Fsp3) is 0.480. The molecule has 2 aliphatic rings. The number of hydrogen-bond acceptors (Lipinski definition) is 3. The van der Waals surface area contributed by atoms with Gasteiger partial charge in [0.2, 0.25) is 5.91 Å². The third-order valence-electron chi connectivity index (χ3n) is 6.65. The fourth-order valence-corrected chi connectivity index (χ4v) is 5.21. The van der Waals surface area contributed by atoms with Gasteiger partial charge in [0, 0.05) is 39.0 Å². The van der Waals surface area contributed by atoms with Crippen LogP contribution in [0, 0.1) is 32.6 Å². The standard InChI is InChI=1S/C25H32N2O2/c1-17-9-10-24(19(3)13-17)29-12-11-26-14-21-15-27(20(4)28)25(23(21)16-26)22-8-6-5-7-18(22)2/h5-10,13,21,23,25H,11-12,14-16H2,1-4H3/t21-,23-,25-/m1/s1. The number of nitrogens with zero attached hydrogens (tertiary/aromatic N) is 2. The maximum Gasteiger partial charge on any atom is 0.219 e. The molecule has 0 saturated carbocycles. The first-order valence-electron chi connectivity index (χ1n) is 10.7. The zero-order chi connectivity index (χ0) is 20.5. The van der Waals surface area contributed by atoms with Crippen LogP contribution >= 0.6 is 0 Å². The van der Waals surface area contributed by atoms with E-state index < -0.39 is 0 Å². The molecular weight excluding hydrogens is 360 g/mol. The Labute approximate surface area is 174 Å². The molecule has 0 aromatic heterocycles. The smallest absolute Gasteiger partial charge is 0.219 e. The number of carbonyl (C=O) groups excluding carboxylic acids is 1. The van der Waals surface area contributed by atoms with Crippen LogP contribution in [0.3, 0.4) is 0 Å². The van der Waals surface area contributed by atoms with Crippen LogP contribution in [0.2, 0.25) is 0 Å². The van der Waals surface area contributed by atoms with E-state index in [-0.39, 0.29) is 11.9 Å². The number of ether oxygens (including phenoxy) is 1. The van der Waals surface area contributed by atoms with Gasteiger partial charge in [-0.15, -0.1) is 0 Å². The molecule has 2 saturated heterocycles. The molecule has 2 heterocycles. The number of fused-ring (bicyclic) bond motifs is 1. The van der Waals surface area contributed by atoms with E-state index in [2.05, 4.69) is 73.0 Å². The van der Waals surface area contributed by atoms with Crippen molar-refractivity contribution in [2.24, 2.45) is 11.8 Å². The van der Waals surface area contributed by atoms with Crippen LogP contribution < -0.4 is 4.74 Å². The molecule has 0 bridgehead atoms. The Bertz CT molecular complexity index is 894. The van der Waals surface area contributed by atoms with E-state index in [1.165, 1.54) is 22.3 Å². The fourth-order valence-electron chi connectivity index (χ4n) is 5.21. The van der Waals surface area contributed by atoms with Gasteiger partial charge in [-0.05, 0) is 49.4 Å². The molecule has 2 aromatic rings. The van der Waals surface area contributed by atoms with Crippen molar-refractivity contribution in [2.45, 2.75) is 33.7 Å². The van der Waals surface area contributed by atoms with Gasteiger partial charge in [0.25, 0.3) is 0 Å². The van der Waals surface area contributed by atoms with Crippen molar-refractivity contribution < 1.29 is 9.53 Å². The number of aryl methyl sites for hydroxylation is 3. The van der Waals surface area contributed by atoms with Gasteiger partial charge in [-0.2, -0.15) is 0 Å². The number of rotatable bonds is 5. The second kappa shape index (κ2) is 8.19. The number of likely N-dealkylation sites (tertiary alicyclic amines) is 2. The zero-order valence-electron chi connectivity index (χ0n) is 18.0. The summed E-state index contributed by atoms with van der Waals surface area (Å²) in [6.45, 7) is 12.7. The molecule has 0 radical (unpaired) electrons. The van der Waals surface area contributed by atoms with Crippen molar-refractivity contribution >= 4 is 5.91 Å². The van der Waals surface area contributed by atoms with Crippen molar-refractivity contribution in [3.05, 3.63) is 64.7 Å². The Morgan fingerprint density at radius 3 is 2.55 bits per heavy atom. The largest absolute Gasteiger partial charge is 0.492 e. The first-order chi connectivity index (χ1) is 13.9. The molecule has 0 spiro atoms. The van der Waals surface area contributed by atoms with Gasteiger partial charge in [0.1, 0.15) is 12.4 Å². The molecule has 4 heteroatoms. The molecule has 29 heavy (non-hydrogen) atoms. The van der Waals surface area contributed by atoms with Gasteiger partial charge in [-0.3, -0.25) is 9.69 Å². The number of benzene rings is 2. The summed E-state index contributed by atoms with van der Waals surface area (Å²) in [5.74, 6) is 2.22. The van der Waals surface area contributed by atoms with Gasteiger partial charge in [-0.25, -0.2) is 0 Å². The molecule has 3 atom stereocenters. The molecule has 1 amide bonds. The summed E-state index contributed by atoms with van der Waals surface area (Å²) in [5.41, 5.74) is 5.05. The summed E-state index contributed by atoms with van der Waals surface area (Å²) in [6, 6.07) is 15.1. The van der Waals surface area contributed by atoms with Crippen LogP contribution in [0.4, 0.5) is 0 Å². The topological polar surface area (TPSA) is 32.8 Å². The summed E-state index contributed by atoms with van der Waals surface area (Å²) < 4.78 is 6.06. The number of hydrogen-bond donors (Lipinski definition) is 0. The van der Waals surface area contributed by atoms with Crippen LogP contribution in [0.5, 0.6) is 5.75 Å². The molecule has 0 aliphatic carbocycles. The minimum absolute atomic E-state index is 0.192. The Morgan fingerprint density at radius 2 is 1.83 bits per heavy atom.